The molecule has 0 aromatic heterocycles. The molecule has 0 N–H and O–H groups in total. The molecule has 1 nitrogen and oxygen atoms in total. The van der Waals surface area contributed by atoms with Crippen LogP contribution in [0.5, 0.6) is 0 Å². The van der Waals surface area contributed by atoms with Crippen LogP contribution >= 0.6 is 23.2 Å². The van der Waals surface area contributed by atoms with Gasteiger partial charge in [-0.2, -0.15) is 0 Å². The van der Waals surface area contributed by atoms with Gasteiger partial charge in [-0.3, -0.25) is 4.79 Å². The largest absolute Gasteiger partial charge is 0.287 e. The lowest BCUT2D eigenvalue weighted by Crippen LogP contribution is -2.13. The highest BCUT2D eigenvalue weighted by Gasteiger charge is 2.22. The van der Waals surface area contributed by atoms with Crippen LogP contribution in [0, 0.1) is 0 Å². The van der Waals surface area contributed by atoms with Gasteiger partial charge in [-0.25, -0.2) is 0 Å². The van der Waals surface area contributed by atoms with Crippen LogP contribution < -0.4 is 0 Å². The van der Waals surface area contributed by atoms with E-state index in [2.05, 4.69) is 6.92 Å². The molecule has 10 heavy (non-hydrogen) atoms. The molecule has 0 fully saturated rings. The maximum atomic E-state index is 10.0. The van der Waals surface area contributed by atoms with E-state index in [1.54, 1.807) is 6.29 Å². The molecule has 0 amide bonds. The van der Waals surface area contributed by atoms with Crippen LogP contribution in [0.25, 0.3) is 0 Å². The first-order valence-electron chi connectivity index (χ1n) is 3.39. The van der Waals surface area contributed by atoms with E-state index in [0.29, 0.717) is 6.42 Å². The topological polar surface area (TPSA) is 17.1 Å². The zero-order valence-electron chi connectivity index (χ0n) is 5.99. The fourth-order valence-electron chi connectivity index (χ4n) is 0.648. The van der Waals surface area contributed by atoms with E-state index in [-0.39, 0.29) is 0 Å². The minimum Gasteiger partial charge on any atom is -0.287 e. The van der Waals surface area contributed by atoms with Crippen LogP contribution in [0.15, 0.2) is 0 Å². The third kappa shape index (κ3) is 5.07. The van der Waals surface area contributed by atoms with Gasteiger partial charge in [0.15, 0.2) is 4.33 Å². The van der Waals surface area contributed by atoms with E-state index in [0.717, 1.165) is 19.3 Å². The van der Waals surface area contributed by atoms with E-state index in [4.69, 9.17) is 23.2 Å². The van der Waals surface area contributed by atoms with Gasteiger partial charge >= 0.3 is 0 Å². The van der Waals surface area contributed by atoms with Crippen LogP contribution in [-0.4, -0.2) is 10.6 Å². The van der Waals surface area contributed by atoms with Crippen molar-refractivity contribution >= 4 is 29.5 Å². The number of hydrogen-bond donors (Lipinski definition) is 0. The molecule has 3 heteroatoms. The Morgan fingerprint density at radius 1 is 1.40 bits per heavy atom. The molecule has 0 spiro atoms. The molecule has 0 aliphatic carbocycles. The summed E-state index contributed by atoms with van der Waals surface area (Å²) in [6.07, 6.45) is 5.13. The molecule has 0 aliphatic rings. The molecular formula is C7H11Cl2O. The molecule has 0 aromatic rings. The second kappa shape index (κ2) is 4.97. The predicted molar refractivity (Wildman–Crippen MR) is 44.3 cm³/mol. The lowest BCUT2D eigenvalue weighted by molar-refractivity contribution is 0.539. The van der Waals surface area contributed by atoms with Gasteiger partial charge < -0.3 is 0 Å². The van der Waals surface area contributed by atoms with E-state index < -0.39 is 4.33 Å². The second-order valence-electron chi connectivity index (χ2n) is 2.26. The van der Waals surface area contributed by atoms with Crippen LogP contribution in [0.4, 0.5) is 0 Å². The minimum absolute atomic E-state index is 0.507. The first-order chi connectivity index (χ1) is 4.62. The third-order valence-electron chi connectivity index (χ3n) is 1.24. The summed E-state index contributed by atoms with van der Waals surface area (Å²) in [7, 11) is 0. The van der Waals surface area contributed by atoms with E-state index in [1.165, 1.54) is 0 Å². The highest BCUT2D eigenvalue weighted by molar-refractivity contribution is 6.55. The molecule has 0 aromatic carbocycles. The van der Waals surface area contributed by atoms with Crippen molar-refractivity contribution in [3.63, 3.8) is 0 Å². The lowest BCUT2D eigenvalue weighted by Gasteiger charge is -2.08. The summed E-state index contributed by atoms with van der Waals surface area (Å²) in [6.45, 7) is 2.08. The fourth-order valence-corrected chi connectivity index (χ4v) is 0.915. The third-order valence-corrected chi connectivity index (χ3v) is 1.78. The Kier molecular flexibility index (Phi) is 5.10. The van der Waals surface area contributed by atoms with E-state index in [1.807, 2.05) is 0 Å². The van der Waals surface area contributed by atoms with Crippen molar-refractivity contribution in [1.29, 1.82) is 0 Å². The normalized spacial score (nSPS) is 11.5. The summed E-state index contributed by atoms with van der Waals surface area (Å²) >= 11 is 11.0. The van der Waals surface area contributed by atoms with Gasteiger partial charge in [-0.05, 0) is 12.8 Å². The van der Waals surface area contributed by atoms with Gasteiger partial charge in [0.1, 0.15) is 0 Å². The fraction of sp³-hybridized carbons (Fsp3) is 0.857. The van der Waals surface area contributed by atoms with Crippen molar-refractivity contribution in [2.24, 2.45) is 0 Å². The molecule has 0 rings (SSSR count). The molecule has 0 heterocycles. The lowest BCUT2D eigenvalue weighted by atomic mass is 10.1. The quantitative estimate of drug-likeness (QED) is 0.472. The molecule has 0 saturated heterocycles. The average Bonchev–Trinajstić information content (AvgIpc) is 1.89. The van der Waals surface area contributed by atoms with Gasteiger partial charge in [0.25, 0.3) is 0 Å². The molecule has 0 atom stereocenters. The van der Waals surface area contributed by atoms with Gasteiger partial charge in [0.05, 0.1) is 0 Å². The van der Waals surface area contributed by atoms with Crippen LogP contribution in [0.1, 0.15) is 32.6 Å². The zero-order valence-corrected chi connectivity index (χ0v) is 7.50. The summed E-state index contributed by atoms with van der Waals surface area (Å²) in [4.78, 5) is 10.0. The maximum absolute atomic E-state index is 10.0. The number of halogens is 2. The Bertz CT molecular complexity index is 102. The highest BCUT2D eigenvalue weighted by atomic mass is 35.5. The summed E-state index contributed by atoms with van der Waals surface area (Å²) in [5.41, 5.74) is 0. The van der Waals surface area contributed by atoms with Crippen molar-refractivity contribution in [2.75, 3.05) is 0 Å². The Labute approximate surface area is 71.7 Å². The molecule has 0 saturated carbocycles. The van der Waals surface area contributed by atoms with Crippen molar-refractivity contribution in [3.8, 4) is 0 Å². The summed E-state index contributed by atoms with van der Waals surface area (Å²) in [6, 6.07) is 0. The maximum Gasteiger partial charge on any atom is 0.237 e. The van der Waals surface area contributed by atoms with Crippen molar-refractivity contribution in [1.82, 2.24) is 0 Å². The van der Waals surface area contributed by atoms with Crippen molar-refractivity contribution in [2.45, 2.75) is 36.9 Å². The summed E-state index contributed by atoms with van der Waals surface area (Å²) in [5, 5.41) is 0. The number of rotatable bonds is 5. The smallest absolute Gasteiger partial charge is 0.237 e. The Morgan fingerprint density at radius 2 is 2.00 bits per heavy atom. The Balaban J connectivity index is 3.37. The zero-order chi connectivity index (χ0) is 8.04. The van der Waals surface area contributed by atoms with E-state index in [9.17, 15) is 4.79 Å². The predicted octanol–water partition coefficient (Wildman–Crippen LogP) is 2.85. The van der Waals surface area contributed by atoms with Crippen LogP contribution in [-0.2, 0) is 4.79 Å². The molecule has 1 radical (unpaired) electrons. The van der Waals surface area contributed by atoms with Crippen LogP contribution in [0.2, 0.25) is 0 Å². The monoisotopic (exact) mass is 181 g/mol. The number of alkyl halides is 2. The van der Waals surface area contributed by atoms with Gasteiger partial charge in [0, 0.05) is 0 Å². The molecule has 0 bridgehead atoms. The Hall–Kier alpha value is 0.250. The van der Waals surface area contributed by atoms with Gasteiger partial charge in [0.2, 0.25) is 6.29 Å². The van der Waals surface area contributed by atoms with Gasteiger partial charge in [-0.15, -0.1) is 0 Å². The summed E-state index contributed by atoms with van der Waals surface area (Å²) < 4.78 is -1.27. The van der Waals surface area contributed by atoms with Crippen molar-refractivity contribution < 1.29 is 4.79 Å². The Morgan fingerprint density at radius 3 is 2.40 bits per heavy atom. The number of carbonyl (C=O) groups excluding carboxylic acids is 1. The second-order valence-corrected chi connectivity index (χ2v) is 3.75. The first kappa shape index (κ1) is 10.2. The van der Waals surface area contributed by atoms with Crippen LogP contribution in [0.3, 0.4) is 0 Å². The molecule has 0 aliphatic heterocycles. The molecule has 0 unspecified atom stereocenters. The number of unbranched alkanes of at least 4 members (excludes halogenated alkanes) is 2. The summed E-state index contributed by atoms with van der Waals surface area (Å²) in [5.74, 6) is 0. The molecule has 59 valence electrons. The van der Waals surface area contributed by atoms with E-state index >= 15 is 0 Å². The standard InChI is InChI=1S/C7H11Cl2O/c1-2-3-4-5-7(8,9)6-10/h2-5H2,1H3. The SMILES string of the molecule is CCCCCC(Cl)(Cl)[C]=O. The molecular weight excluding hydrogens is 171 g/mol. The van der Waals surface area contributed by atoms with Gasteiger partial charge in [-0.1, -0.05) is 43.0 Å². The highest BCUT2D eigenvalue weighted by Crippen LogP contribution is 2.24. The average molecular weight is 182 g/mol. The first-order valence-corrected chi connectivity index (χ1v) is 4.15. The van der Waals surface area contributed by atoms with Crippen molar-refractivity contribution in [3.05, 3.63) is 0 Å². The minimum atomic E-state index is -1.27. The number of hydrogen-bond acceptors (Lipinski definition) is 1.